The molecule has 21 heavy (non-hydrogen) atoms. The Bertz CT molecular complexity index is 787. The summed E-state index contributed by atoms with van der Waals surface area (Å²) in [6.45, 7) is 0. The van der Waals surface area contributed by atoms with E-state index in [4.69, 9.17) is 4.74 Å². The lowest BCUT2D eigenvalue weighted by atomic mass is 10.1. The fraction of sp³-hybridized carbons (Fsp3) is 0.0667. The summed E-state index contributed by atoms with van der Waals surface area (Å²) in [6, 6.07) is 8.69. The van der Waals surface area contributed by atoms with Crippen LogP contribution in [0.1, 0.15) is 10.4 Å². The fourth-order valence-electron chi connectivity index (χ4n) is 1.89. The molecule has 0 aliphatic carbocycles. The number of rotatable bonds is 3. The molecular formula is C15H12N4O2. The van der Waals surface area contributed by atoms with E-state index < -0.39 is 0 Å². The monoisotopic (exact) mass is 280 g/mol. The van der Waals surface area contributed by atoms with Gasteiger partial charge in [0.1, 0.15) is 6.33 Å². The SMILES string of the molecule is COc1ccc(NC(=O)c2ccc3cncnc3c2)cn1. The Morgan fingerprint density at radius 1 is 1.14 bits per heavy atom. The summed E-state index contributed by atoms with van der Waals surface area (Å²) >= 11 is 0. The van der Waals surface area contributed by atoms with Crippen LogP contribution in [0.2, 0.25) is 0 Å². The lowest BCUT2D eigenvalue weighted by molar-refractivity contribution is 0.102. The number of pyridine rings is 1. The number of hydrogen-bond donors (Lipinski definition) is 1. The van der Waals surface area contributed by atoms with Crippen LogP contribution in [0.5, 0.6) is 5.88 Å². The molecule has 6 heteroatoms. The first-order chi connectivity index (χ1) is 10.3. The van der Waals surface area contributed by atoms with E-state index in [1.165, 1.54) is 13.4 Å². The van der Waals surface area contributed by atoms with E-state index >= 15 is 0 Å². The van der Waals surface area contributed by atoms with Crippen molar-refractivity contribution in [3.63, 3.8) is 0 Å². The molecule has 0 saturated heterocycles. The smallest absolute Gasteiger partial charge is 0.255 e. The minimum Gasteiger partial charge on any atom is -0.481 e. The minimum absolute atomic E-state index is 0.220. The third-order valence-corrected chi connectivity index (χ3v) is 2.97. The first kappa shape index (κ1) is 13.0. The zero-order valence-electron chi connectivity index (χ0n) is 11.3. The van der Waals surface area contributed by atoms with Gasteiger partial charge in [-0.3, -0.25) is 4.79 Å². The summed E-state index contributed by atoms with van der Waals surface area (Å²) in [7, 11) is 1.54. The standard InChI is InChI=1S/C15H12N4O2/c1-21-14-5-4-12(8-17-14)19-15(20)10-2-3-11-7-16-9-18-13(11)6-10/h2-9H,1H3,(H,19,20). The Morgan fingerprint density at radius 2 is 2.05 bits per heavy atom. The van der Waals surface area contributed by atoms with Crippen LogP contribution in [-0.4, -0.2) is 28.0 Å². The average molecular weight is 280 g/mol. The largest absolute Gasteiger partial charge is 0.481 e. The topological polar surface area (TPSA) is 77.0 Å². The van der Waals surface area contributed by atoms with Crippen LogP contribution in [0.3, 0.4) is 0 Å². The van der Waals surface area contributed by atoms with Crippen molar-refractivity contribution >= 4 is 22.5 Å². The number of benzene rings is 1. The molecule has 2 aromatic heterocycles. The number of aromatic nitrogens is 3. The summed E-state index contributed by atoms with van der Waals surface area (Å²) in [6.07, 6.45) is 4.70. The van der Waals surface area contributed by atoms with E-state index in [9.17, 15) is 4.79 Å². The molecular weight excluding hydrogens is 268 g/mol. The van der Waals surface area contributed by atoms with Crippen LogP contribution in [-0.2, 0) is 0 Å². The first-order valence-electron chi connectivity index (χ1n) is 6.27. The van der Waals surface area contributed by atoms with Gasteiger partial charge in [0.25, 0.3) is 5.91 Å². The van der Waals surface area contributed by atoms with Gasteiger partial charge < -0.3 is 10.1 Å². The molecule has 3 aromatic rings. The number of amides is 1. The van der Waals surface area contributed by atoms with Gasteiger partial charge in [-0.1, -0.05) is 6.07 Å². The molecule has 0 fully saturated rings. The Balaban J connectivity index is 1.82. The number of ether oxygens (including phenoxy) is 1. The van der Waals surface area contributed by atoms with Crippen molar-refractivity contribution in [3.05, 3.63) is 54.6 Å². The molecule has 1 amide bonds. The number of carbonyl (C=O) groups is 1. The van der Waals surface area contributed by atoms with Gasteiger partial charge >= 0.3 is 0 Å². The lowest BCUT2D eigenvalue weighted by Crippen LogP contribution is -2.12. The lowest BCUT2D eigenvalue weighted by Gasteiger charge is -2.06. The Kier molecular flexibility index (Phi) is 3.42. The van der Waals surface area contributed by atoms with Crippen molar-refractivity contribution in [2.24, 2.45) is 0 Å². The summed E-state index contributed by atoms with van der Waals surface area (Å²) in [4.78, 5) is 24.3. The van der Waals surface area contributed by atoms with E-state index in [1.807, 2.05) is 6.07 Å². The van der Waals surface area contributed by atoms with E-state index in [-0.39, 0.29) is 5.91 Å². The van der Waals surface area contributed by atoms with Gasteiger partial charge in [0.2, 0.25) is 5.88 Å². The quantitative estimate of drug-likeness (QED) is 0.796. The molecule has 0 radical (unpaired) electrons. The van der Waals surface area contributed by atoms with Crippen molar-refractivity contribution in [1.82, 2.24) is 15.0 Å². The predicted molar refractivity (Wildman–Crippen MR) is 78.3 cm³/mol. The third kappa shape index (κ3) is 2.79. The zero-order valence-corrected chi connectivity index (χ0v) is 11.3. The number of carbonyl (C=O) groups excluding carboxylic acids is 1. The van der Waals surface area contributed by atoms with Crippen LogP contribution in [0.4, 0.5) is 5.69 Å². The van der Waals surface area contributed by atoms with Crippen LogP contribution in [0.15, 0.2) is 49.1 Å². The highest BCUT2D eigenvalue weighted by atomic mass is 16.5. The number of hydrogen-bond acceptors (Lipinski definition) is 5. The second-order valence-electron chi connectivity index (χ2n) is 4.34. The molecule has 1 aromatic carbocycles. The minimum atomic E-state index is -0.220. The fourth-order valence-corrected chi connectivity index (χ4v) is 1.89. The van der Waals surface area contributed by atoms with E-state index in [2.05, 4.69) is 20.3 Å². The molecule has 3 rings (SSSR count). The molecule has 0 bridgehead atoms. The summed E-state index contributed by atoms with van der Waals surface area (Å²) in [5, 5.41) is 3.66. The molecule has 0 spiro atoms. The zero-order chi connectivity index (χ0) is 14.7. The highest BCUT2D eigenvalue weighted by molar-refractivity contribution is 6.05. The Morgan fingerprint density at radius 3 is 2.81 bits per heavy atom. The van der Waals surface area contributed by atoms with Crippen molar-refractivity contribution < 1.29 is 9.53 Å². The van der Waals surface area contributed by atoms with E-state index in [0.29, 0.717) is 17.1 Å². The van der Waals surface area contributed by atoms with Gasteiger partial charge in [0.05, 0.1) is 24.5 Å². The van der Waals surface area contributed by atoms with Gasteiger partial charge in [-0.2, -0.15) is 0 Å². The second-order valence-corrected chi connectivity index (χ2v) is 4.34. The van der Waals surface area contributed by atoms with E-state index in [1.54, 1.807) is 36.7 Å². The molecule has 0 unspecified atom stereocenters. The van der Waals surface area contributed by atoms with Crippen molar-refractivity contribution in [2.45, 2.75) is 0 Å². The molecule has 2 heterocycles. The van der Waals surface area contributed by atoms with Crippen LogP contribution in [0, 0.1) is 0 Å². The summed E-state index contributed by atoms with van der Waals surface area (Å²) < 4.78 is 4.97. The van der Waals surface area contributed by atoms with Gasteiger partial charge in [-0.05, 0) is 18.2 Å². The van der Waals surface area contributed by atoms with Crippen LogP contribution >= 0.6 is 0 Å². The molecule has 0 aliphatic heterocycles. The molecule has 6 nitrogen and oxygen atoms in total. The highest BCUT2D eigenvalue weighted by Crippen LogP contribution is 2.15. The molecule has 0 atom stereocenters. The van der Waals surface area contributed by atoms with E-state index in [0.717, 1.165) is 10.9 Å². The maximum absolute atomic E-state index is 12.2. The molecule has 0 saturated carbocycles. The Hall–Kier alpha value is -3.02. The van der Waals surface area contributed by atoms with Crippen molar-refractivity contribution in [1.29, 1.82) is 0 Å². The molecule has 104 valence electrons. The average Bonchev–Trinajstić information content (AvgIpc) is 2.55. The van der Waals surface area contributed by atoms with Crippen molar-refractivity contribution in [2.75, 3.05) is 12.4 Å². The van der Waals surface area contributed by atoms with Gasteiger partial charge in [-0.15, -0.1) is 0 Å². The second kappa shape index (κ2) is 5.54. The third-order valence-electron chi connectivity index (χ3n) is 2.97. The number of methoxy groups -OCH3 is 1. The predicted octanol–water partition coefficient (Wildman–Crippen LogP) is 2.29. The Labute approximate surface area is 120 Å². The van der Waals surface area contributed by atoms with Gasteiger partial charge in [-0.25, -0.2) is 15.0 Å². The summed E-state index contributed by atoms with van der Waals surface area (Å²) in [5.41, 5.74) is 1.85. The van der Waals surface area contributed by atoms with Gasteiger partial charge in [0.15, 0.2) is 0 Å². The number of anilines is 1. The molecule has 0 aliphatic rings. The first-order valence-corrected chi connectivity index (χ1v) is 6.27. The number of nitrogens with one attached hydrogen (secondary N) is 1. The van der Waals surface area contributed by atoms with Crippen LogP contribution < -0.4 is 10.1 Å². The number of fused-ring (bicyclic) bond motifs is 1. The van der Waals surface area contributed by atoms with Crippen LogP contribution in [0.25, 0.3) is 10.9 Å². The maximum Gasteiger partial charge on any atom is 0.255 e. The normalized spacial score (nSPS) is 10.3. The number of nitrogens with zero attached hydrogens (tertiary/aromatic N) is 3. The van der Waals surface area contributed by atoms with Gasteiger partial charge in [0, 0.05) is 23.2 Å². The maximum atomic E-state index is 12.2. The highest BCUT2D eigenvalue weighted by Gasteiger charge is 2.08. The molecule has 1 N–H and O–H groups in total. The summed E-state index contributed by atoms with van der Waals surface area (Å²) in [5.74, 6) is 0.276. The van der Waals surface area contributed by atoms with Crippen molar-refractivity contribution in [3.8, 4) is 5.88 Å².